The Hall–Kier alpha value is -1.81. The molecule has 0 saturated carbocycles. The summed E-state index contributed by atoms with van der Waals surface area (Å²) in [6.07, 6.45) is 0. The van der Waals surface area contributed by atoms with E-state index in [4.69, 9.17) is 10.1 Å². The molecular formula is C15H13BrN2O. The number of ether oxygens (including phenoxy) is 1. The first-order chi connectivity index (χ1) is 9.20. The van der Waals surface area contributed by atoms with E-state index >= 15 is 0 Å². The Bertz CT molecular complexity index is 654. The Balaban J connectivity index is 2.06. The van der Waals surface area contributed by atoms with Crippen molar-refractivity contribution in [1.82, 2.24) is 0 Å². The molecule has 96 valence electrons. The standard InChI is InChI=1S/C15H13BrN2O/c1-19-14-7-6-11(16)8-13(14)18-9-10-4-2-3-5-12(10)15(18)17/h2-8,17H,9H2,1H3. The molecule has 19 heavy (non-hydrogen) atoms. The maximum Gasteiger partial charge on any atom is 0.142 e. The van der Waals surface area contributed by atoms with Crippen LogP contribution < -0.4 is 9.64 Å². The lowest BCUT2D eigenvalue weighted by atomic mass is 10.1. The number of amidine groups is 1. The molecule has 0 aliphatic carbocycles. The van der Waals surface area contributed by atoms with E-state index in [0.717, 1.165) is 21.5 Å². The van der Waals surface area contributed by atoms with Gasteiger partial charge in [0.2, 0.25) is 0 Å². The van der Waals surface area contributed by atoms with Crippen molar-refractivity contribution in [3.63, 3.8) is 0 Å². The van der Waals surface area contributed by atoms with Gasteiger partial charge in [0.15, 0.2) is 0 Å². The van der Waals surface area contributed by atoms with Gasteiger partial charge in [-0.25, -0.2) is 0 Å². The van der Waals surface area contributed by atoms with Crippen LogP contribution in [0.1, 0.15) is 11.1 Å². The van der Waals surface area contributed by atoms with E-state index in [0.29, 0.717) is 12.4 Å². The summed E-state index contributed by atoms with van der Waals surface area (Å²) in [5.74, 6) is 1.30. The van der Waals surface area contributed by atoms with Crippen LogP contribution in [-0.2, 0) is 6.54 Å². The van der Waals surface area contributed by atoms with Crippen molar-refractivity contribution in [1.29, 1.82) is 5.41 Å². The first-order valence-corrected chi connectivity index (χ1v) is 6.78. The topological polar surface area (TPSA) is 36.3 Å². The highest BCUT2D eigenvalue weighted by Gasteiger charge is 2.26. The minimum Gasteiger partial charge on any atom is -0.495 e. The highest BCUT2D eigenvalue weighted by atomic mass is 79.9. The predicted molar refractivity (Wildman–Crippen MR) is 80.1 cm³/mol. The zero-order valence-corrected chi connectivity index (χ0v) is 12.1. The molecule has 0 amide bonds. The second-order valence-electron chi connectivity index (χ2n) is 4.41. The molecule has 2 aromatic carbocycles. The summed E-state index contributed by atoms with van der Waals surface area (Å²) in [6.45, 7) is 0.710. The Morgan fingerprint density at radius 1 is 1.21 bits per heavy atom. The van der Waals surface area contributed by atoms with Crippen molar-refractivity contribution in [2.45, 2.75) is 6.54 Å². The second-order valence-corrected chi connectivity index (χ2v) is 5.32. The molecule has 0 bridgehead atoms. The van der Waals surface area contributed by atoms with Crippen molar-refractivity contribution < 1.29 is 4.74 Å². The summed E-state index contributed by atoms with van der Waals surface area (Å²) in [7, 11) is 1.65. The zero-order chi connectivity index (χ0) is 13.4. The molecule has 0 fully saturated rings. The van der Waals surface area contributed by atoms with Crippen molar-refractivity contribution in [2.75, 3.05) is 12.0 Å². The number of halogens is 1. The quantitative estimate of drug-likeness (QED) is 0.914. The van der Waals surface area contributed by atoms with E-state index in [1.807, 2.05) is 41.3 Å². The summed E-state index contributed by atoms with van der Waals surface area (Å²) in [4.78, 5) is 1.97. The summed E-state index contributed by atoms with van der Waals surface area (Å²) >= 11 is 3.47. The van der Waals surface area contributed by atoms with Crippen LogP contribution in [0.3, 0.4) is 0 Å². The first-order valence-electron chi connectivity index (χ1n) is 5.98. The molecule has 3 rings (SSSR count). The fraction of sp³-hybridized carbons (Fsp3) is 0.133. The van der Waals surface area contributed by atoms with Crippen LogP contribution in [0.25, 0.3) is 0 Å². The van der Waals surface area contributed by atoms with Gasteiger partial charge in [0.25, 0.3) is 0 Å². The summed E-state index contributed by atoms with van der Waals surface area (Å²) < 4.78 is 6.38. The molecule has 1 aliphatic heterocycles. The Morgan fingerprint density at radius 3 is 2.74 bits per heavy atom. The third-order valence-corrected chi connectivity index (χ3v) is 3.80. The molecule has 1 N–H and O–H groups in total. The van der Waals surface area contributed by atoms with E-state index in [1.165, 1.54) is 5.56 Å². The van der Waals surface area contributed by atoms with Crippen molar-refractivity contribution in [3.8, 4) is 5.75 Å². The largest absolute Gasteiger partial charge is 0.495 e. The number of methoxy groups -OCH3 is 1. The zero-order valence-electron chi connectivity index (χ0n) is 10.5. The summed E-state index contributed by atoms with van der Waals surface area (Å²) in [5.41, 5.74) is 3.08. The van der Waals surface area contributed by atoms with Gasteiger partial charge in [-0.2, -0.15) is 0 Å². The first kappa shape index (κ1) is 12.2. The van der Waals surface area contributed by atoms with Gasteiger partial charge in [-0.15, -0.1) is 0 Å². The molecule has 3 nitrogen and oxygen atoms in total. The molecular weight excluding hydrogens is 304 g/mol. The fourth-order valence-corrected chi connectivity index (χ4v) is 2.71. The van der Waals surface area contributed by atoms with Crippen molar-refractivity contribution in [2.24, 2.45) is 0 Å². The van der Waals surface area contributed by atoms with Gasteiger partial charge in [0, 0.05) is 10.0 Å². The number of hydrogen-bond acceptors (Lipinski definition) is 2. The third kappa shape index (κ3) is 2.02. The average Bonchev–Trinajstić information content (AvgIpc) is 2.76. The molecule has 0 aromatic heterocycles. The van der Waals surface area contributed by atoms with E-state index in [2.05, 4.69) is 22.0 Å². The fourth-order valence-electron chi connectivity index (χ4n) is 2.36. The van der Waals surface area contributed by atoms with Gasteiger partial charge in [-0.05, 0) is 23.8 Å². The van der Waals surface area contributed by atoms with Crippen molar-refractivity contribution in [3.05, 3.63) is 58.1 Å². The number of nitrogens with one attached hydrogen (secondary N) is 1. The third-order valence-electron chi connectivity index (χ3n) is 3.30. The molecule has 2 aromatic rings. The lowest BCUT2D eigenvalue weighted by Gasteiger charge is -2.21. The molecule has 0 saturated heterocycles. The lowest BCUT2D eigenvalue weighted by Crippen LogP contribution is -2.23. The monoisotopic (exact) mass is 316 g/mol. The predicted octanol–water partition coefficient (Wildman–Crippen LogP) is 3.80. The Kier molecular flexibility index (Phi) is 3.03. The summed E-state index contributed by atoms with van der Waals surface area (Å²) in [5, 5.41) is 8.32. The number of anilines is 1. The van der Waals surface area contributed by atoms with Gasteiger partial charge in [-0.1, -0.05) is 40.2 Å². The van der Waals surface area contributed by atoms with Crippen LogP contribution in [0.15, 0.2) is 46.9 Å². The molecule has 1 aliphatic rings. The van der Waals surface area contributed by atoms with Crippen LogP contribution in [0.2, 0.25) is 0 Å². The van der Waals surface area contributed by atoms with Gasteiger partial charge >= 0.3 is 0 Å². The van der Waals surface area contributed by atoms with Gasteiger partial charge in [0.1, 0.15) is 11.6 Å². The maximum atomic E-state index is 8.32. The Morgan fingerprint density at radius 2 is 2.00 bits per heavy atom. The van der Waals surface area contributed by atoms with E-state index in [1.54, 1.807) is 7.11 Å². The minimum atomic E-state index is 0.520. The minimum absolute atomic E-state index is 0.520. The van der Waals surface area contributed by atoms with E-state index < -0.39 is 0 Å². The van der Waals surface area contributed by atoms with Crippen LogP contribution in [0.5, 0.6) is 5.75 Å². The van der Waals surface area contributed by atoms with Crippen LogP contribution in [0, 0.1) is 5.41 Å². The Labute approximate surface area is 120 Å². The highest BCUT2D eigenvalue weighted by Crippen LogP contribution is 2.36. The van der Waals surface area contributed by atoms with Crippen LogP contribution >= 0.6 is 15.9 Å². The number of benzene rings is 2. The van der Waals surface area contributed by atoms with Crippen molar-refractivity contribution >= 4 is 27.5 Å². The second kappa shape index (κ2) is 4.70. The van der Waals surface area contributed by atoms with E-state index in [9.17, 15) is 0 Å². The number of rotatable bonds is 2. The molecule has 0 atom stereocenters. The number of nitrogens with zero attached hydrogens (tertiary/aromatic N) is 1. The van der Waals surface area contributed by atoms with Crippen LogP contribution in [0.4, 0.5) is 5.69 Å². The smallest absolute Gasteiger partial charge is 0.142 e. The molecule has 0 spiro atoms. The molecule has 4 heteroatoms. The molecule has 1 heterocycles. The van der Waals surface area contributed by atoms with E-state index in [-0.39, 0.29) is 0 Å². The maximum absolute atomic E-state index is 8.32. The summed E-state index contributed by atoms with van der Waals surface area (Å²) in [6, 6.07) is 13.9. The van der Waals surface area contributed by atoms with Gasteiger partial charge < -0.3 is 9.64 Å². The van der Waals surface area contributed by atoms with Gasteiger partial charge in [-0.3, -0.25) is 5.41 Å². The number of fused-ring (bicyclic) bond motifs is 1. The SMILES string of the molecule is COc1ccc(Br)cc1N1Cc2ccccc2C1=N. The highest BCUT2D eigenvalue weighted by molar-refractivity contribution is 9.10. The lowest BCUT2D eigenvalue weighted by molar-refractivity contribution is 0.415. The normalized spacial score (nSPS) is 13.6. The average molecular weight is 317 g/mol. The molecule has 0 radical (unpaired) electrons. The van der Waals surface area contributed by atoms with Gasteiger partial charge in [0.05, 0.1) is 19.3 Å². The number of hydrogen-bond donors (Lipinski definition) is 1. The molecule has 0 unspecified atom stereocenters. The van der Waals surface area contributed by atoms with Crippen LogP contribution in [-0.4, -0.2) is 12.9 Å².